The second kappa shape index (κ2) is 5.08. The molecule has 5 heteroatoms. The zero-order valence-corrected chi connectivity index (χ0v) is 11.6. The Bertz CT molecular complexity index is 476. The average Bonchev–Trinajstić information content (AvgIpc) is 2.76. The van der Waals surface area contributed by atoms with Gasteiger partial charge in [0.1, 0.15) is 6.10 Å². The van der Waals surface area contributed by atoms with E-state index in [9.17, 15) is 13.5 Å². The lowest BCUT2D eigenvalue weighted by Gasteiger charge is -2.25. The van der Waals surface area contributed by atoms with E-state index in [2.05, 4.69) is 6.92 Å². The Balaban J connectivity index is 2.21. The van der Waals surface area contributed by atoms with E-state index in [1.165, 1.54) is 16.2 Å². The fraction of sp³-hybridized carbons (Fsp3) is 0.667. The summed E-state index contributed by atoms with van der Waals surface area (Å²) in [6.07, 6.45) is 2.30. The first-order chi connectivity index (χ1) is 8.04. The molecule has 1 aliphatic heterocycles. The zero-order valence-electron chi connectivity index (χ0n) is 9.93. The van der Waals surface area contributed by atoms with Crippen molar-refractivity contribution in [2.45, 2.75) is 44.0 Å². The van der Waals surface area contributed by atoms with Crippen molar-refractivity contribution in [3.05, 3.63) is 21.9 Å². The molecule has 17 heavy (non-hydrogen) atoms. The van der Waals surface area contributed by atoms with E-state index in [-0.39, 0.29) is 5.75 Å². The van der Waals surface area contributed by atoms with Crippen LogP contribution in [0.4, 0.5) is 0 Å². The number of hydrogen-bond donors (Lipinski definition) is 1. The predicted molar refractivity (Wildman–Crippen MR) is 70.1 cm³/mol. The van der Waals surface area contributed by atoms with Crippen molar-refractivity contribution < 1.29 is 13.5 Å². The molecule has 0 amide bonds. The highest BCUT2D eigenvalue weighted by atomic mass is 32.2. The van der Waals surface area contributed by atoms with E-state index in [0.29, 0.717) is 6.42 Å². The summed E-state index contributed by atoms with van der Waals surface area (Å²) in [4.78, 5) is 1.98. The van der Waals surface area contributed by atoms with Crippen LogP contribution in [0.5, 0.6) is 0 Å². The van der Waals surface area contributed by atoms with Crippen LogP contribution in [0.3, 0.4) is 0 Å². The average molecular weight is 274 g/mol. The van der Waals surface area contributed by atoms with Gasteiger partial charge in [0.15, 0.2) is 9.84 Å². The monoisotopic (exact) mass is 274 g/mol. The molecule has 1 aromatic rings. The first-order valence-corrected chi connectivity index (χ1v) is 8.56. The van der Waals surface area contributed by atoms with Gasteiger partial charge in [0.25, 0.3) is 0 Å². The molecule has 1 N–H and O–H groups in total. The molecular weight excluding hydrogens is 256 g/mol. The topological polar surface area (TPSA) is 54.4 Å². The summed E-state index contributed by atoms with van der Waals surface area (Å²) in [6, 6.07) is 3.83. The summed E-state index contributed by atoms with van der Waals surface area (Å²) in [7, 11) is -3.11. The van der Waals surface area contributed by atoms with Gasteiger partial charge in [-0.3, -0.25) is 0 Å². The van der Waals surface area contributed by atoms with Crippen LogP contribution in [0, 0.1) is 0 Å². The van der Waals surface area contributed by atoms with Crippen molar-refractivity contribution in [1.29, 1.82) is 0 Å². The normalized spacial score (nSPS) is 25.6. The van der Waals surface area contributed by atoms with Crippen molar-refractivity contribution in [2.75, 3.05) is 5.75 Å². The van der Waals surface area contributed by atoms with Crippen molar-refractivity contribution in [3.63, 3.8) is 0 Å². The maximum Gasteiger partial charge on any atom is 0.156 e. The molecule has 0 saturated carbocycles. The highest BCUT2D eigenvalue weighted by molar-refractivity contribution is 7.92. The van der Waals surface area contributed by atoms with Gasteiger partial charge in [-0.2, -0.15) is 0 Å². The first-order valence-electron chi connectivity index (χ1n) is 6.03. The molecular formula is C12H18O3S2. The molecule has 2 heterocycles. The summed E-state index contributed by atoms with van der Waals surface area (Å²) in [5.41, 5.74) is 0. The second-order valence-electron chi connectivity index (χ2n) is 4.50. The zero-order chi connectivity index (χ0) is 12.5. The first kappa shape index (κ1) is 13.1. The van der Waals surface area contributed by atoms with Gasteiger partial charge in [-0.25, -0.2) is 8.42 Å². The predicted octanol–water partition coefficient (Wildman–Crippen LogP) is 2.31. The molecule has 2 atom stereocenters. The number of aryl methyl sites for hydroxylation is 1. The van der Waals surface area contributed by atoms with E-state index in [1.54, 1.807) is 0 Å². The Hall–Kier alpha value is -0.390. The van der Waals surface area contributed by atoms with Gasteiger partial charge in [0.2, 0.25) is 0 Å². The largest absolute Gasteiger partial charge is 0.386 e. The molecule has 0 aromatic carbocycles. The molecule has 96 valence electrons. The van der Waals surface area contributed by atoms with Crippen LogP contribution in [-0.2, 0) is 16.3 Å². The molecule has 2 rings (SSSR count). The third-order valence-electron chi connectivity index (χ3n) is 3.30. The number of aliphatic hydroxyl groups excluding tert-OH is 1. The fourth-order valence-electron chi connectivity index (χ4n) is 2.26. The number of rotatable bonds is 3. The van der Waals surface area contributed by atoms with Crippen LogP contribution in [0.15, 0.2) is 12.1 Å². The minimum absolute atomic E-state index is 0.223. The Morgan fingerprint density at radius 3 is 2.82 bits per heavy atom. The Morgan fingerprint density at radius 2 is 2.24 bits per heavy atom. The molecule has 0 spiro atoms. The maximum absolute atomic E-state index is 11.9. The number of aliphatic hydroxyl groups is 1. The molecule has 1 aliphatic rings. The van der Waals surface area contributed by atoms with Crippen LogP contribution in [0.2, 0.25) is 0 Å². The van der Waals surface area contributed by atoms with Crippen molar-refractivity contribution in [2.24, 2.45) is 0 Å². The Labute approximate surface area is 106 Å². The van der Waals surface area contributed by atoms with Gasteiger partial charge in [0, 0.05) is 9.75 Å². The fourth-order valence-corrected chi connectivity index (χ4v) is 5.33. The quantitative estimate of drug-likeness (QED) is 0.920. The third kappa shape index (κ3) is 2.72. The van der Waals surface area contributed by atoms with Gasteiger partial charge in [-0.05, 0) is 31.4 Å². The van der Waals surface area contributed by atoms with Crippen LogP contribution in [-0.4, -0.2) is 24.5 Å². The standard InChI is InChI=1S/C12H18O3S2/c1-2-9-6-7-10(16-9)12(13)11-5-3-4-8-17(11,14)15/h6-7,11-13H,2-5,8H2,1H3. The molecule has 1 saturated heterocycles. The van der Waals surface area contributed by atoms with Gasteiger partial charge in [0.05, 0.1) is 11.0 Å². The Kier molecular flexibility index (Phi) is 3.90. The van der Waals surface area contributed by atoms with Crippen molar-refractivity contribution in [1.82, 2.24) is 0 Å². The highest BCUT2D eigenvalue weighted by Crippen LogP contribution is 2.34. The van der Waals surface area contributed by atoms with Crippen molar-refractivity contribution >= 4 is 21.2 Å². The van der Waals surface area contributed by atoms with Gasteiger partial charge >= 0.3 is 0 Å². The minimum atomic E-state index is -3.11. The lowest BCUT2D eigenvalue weighted by atomic mass is 10.1. The summed E-state index contributed by atoms with van der Waals surface area (Å²) < 4.78 is 23.8. The van der Waals surface area contributed by atoms with Crippen LogP contribution >= 0.6 is 11.3 Å². The molecule has 1 aromatic heterocycles. The molecule has 0 aliphatic carbocycles. The van der Waals surface area contributed by atoms with Crippen LogP contribution in [0.25, 0.3) is 0 Å². The maximum atomic E-state index is 11.9. The van der Waals surface area contributed by atoms with Crippen LogP contribution in [0.1, 0.15) is 42.0 Å². The van der Waals surface area contributed by atoms with Crippen molar-refractivity contribution in [3.8, 4) is 0 Å². The van der Waals surface area contributed by atoms with E-state index in [0.717, 1.165) is 24.1 Å². The molecule has 2 unspecified atom stereocenters. The summed E-state index contributed by atoms with van der Waals surface area (Å²) >= 11 is 1.52. The third-order valence-corrected chi connectivity index (χ3v) is 6.88. The Morgan fingerprint density at radius 1 is 1.47 bits per heavy atom. The lowest BCUT2D eigenvalue weighted by Crippen LogP contribution is -2.33. The summed E-state index contributed by atoms with van der Waals surface area (Å²) in [5.74, 6) is 0.223. The summed E-state index contributed by atoms with van der Waals surface area (Å²) in [5, 5.41) is 9.62. The molecule has 3 nitrogen and oxygen atoms in total. The highest BCUT2D eigenvalue weighted by Gasteiger charge is 2.35. The van der Waals surface area contributed by atoms with E-state index < -0.39 is 21.2 Å². The molecule has 0 radical (unpaired) electrons. The number of thiophene rings is 1. The van der Waals surface area contributed by atoms with E-state index in [1.807, 2.05) is 12.1 Å². The van der Waals surface area contributed by atoms with Gasteiger partial charge in [-0.1, -0.05) is 13.3 Å². The smallest absolute Gasteiger partial charge is 0.156 e. The SMILES string of the molecule is CCc1ccc(C(O)C2CCCCS2(=O)=O)s1. The van der Waals surface area contributed by atoms with Gasteiger partial charge < -0.3 is 5.11 Å². The number of sulfone groups is 1. The van der Waals surface area contributed by atoms with E-state index >= 15 is 0 Å². The van der Waals surface area contributed by atoms with Gasteiger partial charge in [-0.15, -0.1) is 11.3 Å². The molecule has 0 bridgehead atoms. The minimum Gasteiger partial charge on any atom is -0.386 e. The van der Waals surface area contributed by atoms with Crippen LogP contribution < -0.4 is 0 Å². The number of hydrogen-bond acceptors (Lipinski definition) is 4. The van der Waals surface area contributed by atoms with E-state index in [4.69, 9.17) is 0 Å². The second-order valence-corrected chi connectivity index (χ2v) is 8.04. The summed E-state index contributed by atoms with van der Waals surface area (Å²) in [6.45, 7) is 2.05. The lowest BCUT2D eigenvalue weighted by molar-refractivity contribution is 0.168. The molecule has 1 fully saturated rings.